The molecule has 7 nitrogen and oxygen atoms in total. The topological polar surface area (TPSA) is 90.9 Å². The van der Waals surface area contributed by atoms with Crippen molar-refractivity contribution < 1.29 is 9.72 Å². The number of rotatable bonds is 6. The molecule has 0 unspecified atom stereocenters. The number of nitro groups is 1. The van der Waals surface area contributed by atoms with Crippen LogP contribution in [0.2, 0.25) is 0 Å². The van der Waals surface area contributed by atoms with Crippen molar-refractivity contribution in [2.75, 3.05) is 0 Å². The number of hydrogen-bond donors (Lipinski definition) is 0. The summed E-state index contributed by atoms with van der Waals surface area (Å²) in [6.45, 7) is 0.564. The summed E-state index contributed by atoms with van der Waals surface area (Å²) in [4.78, 5) is 30.5. The highest BCUT2D eigenvalue weighted by atomic mass is 32.1. The SMILES string of the molecule is O=C(Cc1ncc([N+](=O)[O-])s1)c1cccn1Cc1ccncc1. The van der Waals surface area contributed by atoms with E-state index in [1.807, 2.05) is 22.9 Å². The van der Waals surface area contributed by atoms with Gasteiger partial charge in [0.05, 0.1) is 17.0 Å². The normalized spacial score (nSPS) is 10.6. The Labute approximate surface area is 135 Å². The van der Waals surface area contributed by atoms with Crippen molar-refractivity contribution in [1.82, 2.24) is 14.5 Å². The maximum absolute atomic E-state index is 12.4. The van der Waals surface area contributed by atoms with E-state index in [1.165, 1.54) is 6.20 Å². The summed E-state index contributed by atoms with van der Waals surface area (Å²) in [6, 6.07) is 7.32. The van der Waals surface area contributed by atoms with Crippen LogP contribution < -0.4 is 0 Å². The van der Waals surface area contributed by atoms with E-state index in [0.717, 1.165) is 16.9 Å². The molecule has 3 rings (SSSR count). The van der Waals surface area contributed by atoms with Crippen LogP contribution in [-0.4, -0.2) is 25.2 Å². The molecule has 3 aromatic rings. The molecule has 116 valence electrons. The monoisotopic (exact) mass is 328 g/mol. The van der Waals surface area contributed by atoms with Crippen molar-refractivity contribution in [3.8, 4) is 0 Å². The van der Waals surface area contributed by atoms with Gasteiger partial charge in [-0.1, -0.05) is 0 Å². The van der Waals surface area contributed by atoms with Crippen LogP contribution in [0, 0.1) is 10.1 Å². The summed E-state index contributed by atoms with van der Waals surface area (Å²) in [6.07, 6.45) is 6.48. The third-order valence-corrected chi connectivity index (χ3v) is 4.20. The van der Waals surface area contributed by atoms with Crippen molar-refractivity contribution in [3.05, 3.63) is 75.4 Å². The van der Waals surface area contributed by atoms with Gasteiger partial charge in [-0.3, -0.25) is 19.9 Å². The first-order valence-corrected chi connectivity index (χ1v) is 7.61. The number of pyridine rings is 1. The zero-order valence-electron chi connectivity index (χ0n) is 12.0. The summed E-state index contributed by atoms with van der Waals surface area (Å²) in [7, 11) is 0. The highest BCUT2D eigenvalue weighted by Gasteiger charge is 2.17. The van der Waals surface area contributed by atoms with Gasteiger partial charge in [-0.05, 0) is 41.2 Å². The molecular weight excluding hydrogens is 316 g/mol. The van der Waals surface area contributed by atoms with Gasteiger partial charge in [-0.2, -0.15) is 0 Å². The minimum absolute atomic E-state index is 0.0544. The fourth-order valence-electron chi connectivity index (χ4n) is 2.18. The Kier molecular flexibility index (Phi) is 4.24. The van der Waals surface area contributed by atoms with E-state index in [9.17, 15) is 14.9 Å². The molecule has 0 saturated heterocycles. The predicted octanol–water partition coefficient (Wildman–Crippen LogP) is 2.72. The predicted molar refractivity (Wildman–Crippen MR) is 84.6 cm³/mol. The average Bonchev–Trinajstić information content (AvgIpc) is 3.17. The zero-order chi connectivity index (χ0) is 16.2. The number of Topliss-reactive ketones (excluding diaryl/α,β-unsaturated/α-hetero) is 1. The Morgan fingerprint density at radius 1 is 1.30 bits per heavy atom. The Morgan fingerprint density at radius 2 is 2.09 bits per heavy atom. The molecule has 0 aliphatic carbocycles. The second kappa shape index (κ2) is 6.49. The van der Waals surface area contributed by atoms with Gasteiger partial charge in [0.1, 0.15) is 11.2 Å². The van der Waals surface area contributed by atoms with Gasteiger partial charge in [-0.15, -0.1) is 0 Å². The molecule has 0 aliphatic rings. The molecular formula is C15H12N4O3S. The van der Waals surface area contributed by atoms with Crippen molar-refractivity contribution in [2.24, 2.45) is 0 Å². The van der Waals surface area contributed by atoms with Crippen LogP contribution in [-0.2, 0) is 13.0 Å². The van der Waals surface area contributed by atoms with Gasteiger partial charge in [0.25, 0.3) is 0 Å². The van der Waals surface area contributed by atoms with Gasteiger partial charge in [0.15, 0.2) is 5.78 Å². The van der Waals surface area contributed by atoms with Crippen molar-refractivity contribution in [3.63, 3.8) is 0 Å². The third-order valence-electron chi connectivity index (χ3n) is 3.25. The molecule has 8 heteroatoms. The summed E-state index contributed by atoms with van der Waals surface area (Å²) < 4.78 is 1.85. The van der Waals surface area contributed by atoms with Crippen molar-refractivity contribution in [1.29, 1.82) is 0 Å². The number of aromatic nitrogens is 3. The van der Waals surface area contributed by atoms with Gasteiger partial charge in [0.2, 0.25) is 0 Å². The Hall–Kier alpha value is -2.87. The lowest BCUT2D eigenvalue weighted by Crippen LogP contribution is -2.11. The minimum atomic E-state index is -0.502. The molecule has 0 radical (unpaired) electrons. The van der Waals surface area contributed by atoms with E-state index >= 15 is 0 Å². The van der Waals surface area contributed by atoms with E-state index in [2.05, 4.69) is 9.97 Å². The highest BCUT2D eigenvalue weighted by molar-refractivity contribution is 7.14. The van der Waals surface area contributed by atoms with Gasteiger partial charge in [-0.25, -0.2) is 4.98 Å². The standard InChI is InChI=1S/C15H12N4O3S/c20-13(8-14-17-9-15(23-14)19(21)22)12-2-1-7-18(12)10-11-3-5-16-6-4-11/h1-7,9H,8,10H2. The maximum Gasteiger partial charge on any atom is 0.343 e. The lowest BCUT2D eigenvalue weighted by Gasteiger charge is -2.08. The molecule has 0 amide bonds. The minimum Gasteiger partial charge on any atom is -0.341 e. The van der Waals surface area contributed by atoms with Crippen LogP contribution in [0.5, 0.6) is 0 Å². The van der Waals surface area contributed by atoms with Crippen LogP contribution >= 0.6 is 11.3 Å². The summed E-state index contributed by atoms with van der Waals surface area (Å²) in [5, 5.41) is 11.1. The molecule has 3 aromatic heterocycles. The molecule has 0 fully saturated rings. The molecule has 0 aliphatic heterocycles. The van der Waals surface area contributed by atoms with Gasteiger partial charge in [0, 0.05) is 25.1 Å². The van der Waals surface area contributed by atoms with Crippen LogP contribution in [0.1, 0.15) is 21.1 Å². The van der Waals surface area contributed by atoms with Crippen molar-refractivity contribution in [2.45, 2.75) is 13.0 Å². The third kappa shape index (κ3) is 3.49. The lowest BCUT2D eigenvalue weighted by molar-refractivity contribution is -0.380. The Bertz CT molecular complexity index is 841. The Morgan fingerprint density at radius 3 is 2.78 bits per heavy atom. The fraction of sp³-hybridized carbons (Fsp3) is 0.133. The second-order valence-electron chi connectivity index (χ2n) is 4.83. The van der Waals surface area contributed by atoms with Crippen LogP contribution in [0.4, 0.5) is 5.00 Å². The highest BCUT2D eigenvalue weighted by Crippen LogP contribution is 2.22. The van der Waals surface area contributed by atoms with E-state index in [1.54, 1.807) is 24.5 Å². The number of carbonyl (C=O) groups excluding carboxylic acids is 1. The van der Waals surface area contributed by atoms with Crippen LogP contribution in [0.15, 0.2) is 49.1 Å². The van der Waals surface area contributed by atoms with Gasteiger partial charge >= 0.3 is 5.00 Å². The van der Waals surface area contributed by atoms with E-state index in [-0.39, 0.29) is 17.2 Å². The summed E-state index contributed by atoms with van der Waals surface area (Å²) in [5.41, 5.74) is 1.59. The first-order valence-electron chi connectivity index (χ1n) is 6.80. The number of thiazole rings is 1. The molecule has 0 bridgehead atoms. The molecule has 3 heterocycles. The van der Waals surface area contributed by atoms with Crippen LogP contribution in [0.3, 0.4) is 0 Å². The molecule has 23 heavy (non-hydrogen) atoms. The first kappa shape index (κ1) is 15.0. The number of nitrogens with zero attached hydrogens (tertiary/aromatic N) is 4. The molecule has 0 spiro atoms. The second-order valence-corrected chi connectivity index (χ2v) is 5.92. The molecule has 0 aromatic carbocycles. The molecule has 0 N–H and O–H groups in total. The largest absolute Gasteiger partial charge is 0.343 e. The number of carbonyl (C=O) groups is 1. The van der Waals surface area contributed by atoms with E-state index < -0.39 is 4.92 Å². The van der Waals surface area contributed by atoms with Crippen LogP contribution in [0.25, 0.3) is 0 Å². The molecule has 0 saturated carbocycles. The first-order chi connectivity index (χ1) is 11.1. The van der Waals surface area contributed by atoms with E-state index in [0.29, 0.717) is 17.2 Å². The smallest absolute Gasteiger partial charge is 0.341 e. The Balaban J connectivity index is 1.75. The summed E-state index contributed by atoms with van der Waals surface area (Å²) in [5.74, 6) is -0.117. The average molecular weight is 328 g/mol. The van der Waals surface area contributed by atoms with Gasteiger partial charge < -0.3 is 4.57 Å². The zero-order valence-corrected chi connectivity index (χ0v) is 12.8. The van der Waals surface area contributed by atoms with E-state index in [4.69, 9.17) is 0 Å². The fourth-order valence-corrected chi connectivity index (χ4v) is 2.91. The number of hydrogen-bond acceptors (Lipinski definition) is 6. The van der Waals surface area contributed by atoms with Crippen molar-refractivity contribution >= 4 is 22.1 Å². The summed E-state index contributed by atoms with van der Waals surface area (Å²) >= 11 is 0.928. The number of ketones is 1. The maximum atomic E-state index is 12.4. The quantitative estimate of drug-likeness (QED) is 0.394. The lowest BCUT2D eigenvalue weighted by atomic mass is 10.2. The molecule has 0 atom stereocenters.